The van der Waals surface area contributed by atoms with Crippen molar-refractivity contribution in [3.05, 3.63) is 178 Å². The zero-order valence-electron chi connectivity index (χ0n) is 35.5. The molecular formula is C54H53Cl2SiZr-3. The van der Waals surface area contributed by atoms with E-state index < -0.39 is 20.8 Å². The van der Waals surface area contributed by atoms with E-state index in [2.05, 4.69) is 197 Å². The molecule has 9 rings (SSSR count). The van der Waals surface area contributed by atoms with Gasteiger partial charge in [-0.3, -0.25) is 0 Å². The molecule has 2 radical (unpaired) electrons. The smallest absolute Gasteiger partial charge is 0.0920 e. The molecule has 0 bridgehead atoms. The molecule has 1 aliphatic rings. The van der Waals surface area contributed by atoms with Crippen LogP contribution in [0.5, 0.6) is 0 Å². The summed E-state index contributed by atoms with van der Waals surface area (Å²) in [6, 6.07) is 49.9. The van der Waals surface area contributed by atoms with Crippen molar-refractivity contribution >= 4 is 58.5 Å². The molecule has 0 aliphatic carbocycles. The normalized spacial score (nSPS) is 11.3. The molecule has 4 heteroatoms. The molecule has 0 atom stereocenters. The quantitative estimate of drug-likeness (QED) is 0.122. The summed E-state index contributed by atoms with van der Waals surface area (Å²) in [5, 5.41) is 8.30. The predicted octanol–water partition coefficient (Wildman–Crippen LogP) is 15.0. The van der Waals surface area contributed by atoms with Crippen LogP contribution in [0.4, 0.5) is 0 Å². The summed E-state index contributed by atoms with van der Waals surface area (Å²) < 4.78 is 0. The molecule has 0 nitrogen and oxygen atoms in total. The number of benzene rings is 6. The van der Waals surface area contributed by atoms with Crippen molar-refractivity contribution in [3.63, 3.8) is 0 Å². The minimum atomic E-state index is -0.826. The second-order valence-electron chi connectivity index (χ2n) is 16.1. The molecule has 0 spiro atoms. The maximum atomic E-state index is 4.93. The SMILES string of the molecule is Cc1ccc(-c2cccc3[cH-]c(C(C)C)cc23)c(C)c1C.Cc1ccc(-c2cccc3[cH-]c(C(C)C)cc23)c(C)c1C.[Cl][Zr][Cl].[c-]1cccc2c1[Si]c1ccccc1-2. The first kappa shape index (κ1) is 43.8. The number of hydrogen-bond acceptors (Lipinski definition) is 0. The van der Waals surface area contributed by atoms with Gasteiger partial charge in [0.15, 0.2) is 0 Å². The summed E-state index contributed by atoms with van der Waals surface area (Å²) >= 11 is -0.826. The van der Waals surface area contributed by atoms with Gasteiger partial charge in [-0.15, -0.1) is 74.6 Å². The van der Waals surface area contributed by atoms with Crippen molar-refractivity contribution in [3.8, 4) is 33.4 Å². The fourth-order valence-electron chi connectivity index (χ4n) is 7.87. The summed E-state index contributed by atoms with van der Waals surface area (Å²) in [6.07, 6.45) is 0. The average Bonchev–Trinajstić information content (AvgIpc) is 3.96. The van der Waals surface area contributed by atoms with Crippen molar-refractivity contribution < 1.29 is 20.8 Å². The number of fused-ring (bicyclic) bond motifs is 5. The molecule has 0 amide bonds. The van der Waals surface area contributed by atoms with Gasteiger partial charge in [-0.25, -0.2) is 0 Å². The second-order valence-corrected chi connectivity index (χ2v) is 21.1. The Labute approximate surface area is 368 Å². The molecule has 0 fully saturated rings. The minimum Gasteiger partial charge on any atom is -0.184 e. The molecule has 0 N–H and O–H groups in total. The topological polar surface area (TPSA) is 0 Å². The number of halogens is 2. The standard InChI is InChI=1S/2C21H23.C12H7Si.2ClH.Zr/c2*1-13(2)18-11-17-7-6-8-20(21(17)12-18)19-10-9-14(3)15(4)16(19)5;1-3-7-11-9(5-1)10-6-2-4-8-12(10)13-11;;;/h2*6-13H,1-5H3;1-7H;2*1H;/q3*-1;;;+2/p-2. The van der Waals surface area contributed by atoms with Gasteiger partial charge in [-0.1, -0.05) is 110 Å². The van der Waals surface area contributed by atoms with Crippen LogP contribution in [0.25, 0.3) is 54.9 Å². The average molecular weight is 892 g/mol. The Morgan fingerprint density at radius 2 is 0.948 bits per heavy atom. The van der Waals surface area contributed by atoms with Crippen molar-refractivity contribution in [2.75, 3.05) is 0 Å². The van der Waals surface area contributed by atoms with Gasteiger partial charge in [0, 0.05) is 0 Å². The summed E-state index contributed by atoms with van der Waals surface area (Å²) in [5.74, 6) is 1.15. The van der Waals surface area contributed by atoms with Crippen molar-refractivity contribution in [2.45, 2.75) is 81.1 Å². The van der Waals surface area contributed by atoms with E-state index >= 15 is 0 Å². The third-order valence-electron chi connectivity index (χ3n) is 11.9. The molecule has 58 heavy (non-hydrogen) atoms. The van der Waals surface area contributed by atoms with Gasteiger partial charge in [0.1, 0.15) is 0 Å². The van der Waals surface area contributed by atoms with E-state index in [9.17, 15) is 0 Å². The van der Waals surface area contributed by atoms with Crippen LogP contribution in [0.3, 0.4) is 0 Å². The largest absolute Gasteiger partial charge is 0.184 e. The van der Waals surface area contributed by atoms with Crippen molar-refractivity contribution in [1.82, 2.24) is 0 Å². The van der Waals surface area contributed by atoms with Gasteiger partial charge in [-0.2, -0.15) is 41.6 Å². The van der Waals surface area contributed by atoms with Crippen LogP contribution >= 0.6 is 17.0 Å². The van der Waals surface area contributed by atoms with Crippen LogP contribution in [-0.2, 0) is 20.8 Å². The molecular weight excluding hydrogens is 839 g/mol. The molecule has 1 aliphatic heterocycles. The Kier molecular flexibility index (Phi) is 14.7. The maximum Gasteiger partial charge on any atom is 0.0920 e. The van der Waals surface area contributed by atoms with E-state index in [-0.39, 0.29) is 0 Å². The van der Waals surface area contributed by atoms with Crippen LogP contribution in [0.1, 0.15) is 84.0 Å². The van der Waals surface area contributed by atoms with E-state index in [1.54, 1.807) is 0 Å². The van der Waals surface area contributed by atoms with Gasteiger partial charge in [0.25, 0.3) is 0 Å². The van der Waals surface area contributed by atoms with E-state index in [1.807, 2.05) is 6.07 Å². The summed E-state index contributed by atoms with van der Waals surface area (Å²) in [5.41, 5.74) is 19.4. The molecule has 8 aromatic rings. The minimum absolute atomic E-state index is 0.575. The third-order valence-corrected chi connectivity index (χ3v) is 13.3. The van der Waals surface area contributed by atoms with Crippen molar-refractivity contribution in [1.29, 1.82) is 0 Å². The summed E-state index contributed by atoms with van der Waals surface area (Å²) in [7, 11) is 10.7. The summed E-state index contributed by atoms with van der Waals surface area (Å²) in [4.78, 5) is 0. The van der Waals surface area contributed by atoms with Gasteiger partial charge in [0.05, 0.1) is 9.52 Å². The predicted molar refractivity (Wildman–Crippen MR) is 254 cm³/mol. The molecule has 0 saturated carbocycles. The first-order chi connectivity index (χ1) is 27.8. The third kappa shape index (κ3) is 9.48. The summed E-state index contributed by atoms with van der Waals surface area (Å²) in [6.45, 7) is 22.3. The van der Waals surface area contributed by atoms with Crippen LogP contribution < -0.4 is 10.4 Å². The van der Waals surface area contributed by atoms with Gasteiger partial charge in [0.2, 0.25) is 0 Å². The molecule has 1 heterocycles. The van der Waals surface area contributed by atoms with Crippen LogP contribution in [0, 0.1) is 47.6 Å². The number of aryl methyl sites for hydroxylation is 2. The van der Waals surface area contributed by atoms with Gasteiger partial charge in [-0.05, 0) is 97.9 Å². The Bertz CT molecular complexity index is 2490. The first-order valence-electron chi connectivity index (χ1n) is 20.2. The van der Waals surface area contributed by atoms with Crippen molar-refractivity contribution in [2.24, 2.45) is 0 Å². The van der Waals surface area contributed by atoms with E-state index in [0.717, 1.165) is 9.52 Å². The maximum absolute atomic E-state index is 4.93. The van der Waals surface area contributed by atoms with E-state index in [1.165, 1.54) is 110 Å². The molecule has 294 valence electrons. The first-order valence-corrected chi connectivity index (χ1v) is 27.5. The Balaban J connectivity index is 0.000000145. The molecule has 8 aromatic carbocycles. The fraction of sp³-hybridized carbons (Fsp3) is 0.222. The van der Waals surface area contributed by atoms with Gasteiger partial charge >= 0.3 is 37.9 Å². The van der Waals surface area contributed by atoms with Crippen LogP contribution in [0.15, 0.2) is 127 Å². The molecule has 0 unspecified atom stereocenters. The monoisotopic (exact) mass is 889 g/mol. The Morgan fingerprint density at radius 1 is 0.500 bits per heavy atom. The van der Waals surface area contributed by atoms with E-state index in [0.29, 0.717) is 11.8 Å². The number of rotatable bonds is 4. The second kappa shape index (κ2) is 19.5. The van der Waals surface area contributed by atoms with Gasteiger partial charge < -0.3 is 0 Å². The Morgan fingerprint density at radius 3 is 1.43 bits per heavy atom. The Hall–Kier alpha value is -3.78. The fourth-order valence-corrected chi connectivity index (χ4v) is 9.18. The van der Waals surface area contributed by atoms with Crippen LogP contribution in [0.2, 0.25) is 0 Å². The zero-order chi connectivity index (χ0) is 41.7. The zero-order valence-corrected chi connectivity index (χ0v) is 40.5. The number of hydrogen-bond donors (Lipinski definition) is 0. The van der Waals surface area contributed by atoms with E-state index in [4.69, 9.17) is 17.0 Å². The molecule has 0 saturated heterocycles. The molecule has 0 aromatic heterocycles. The van der Waals surface area contributed by atoms with Crippen LogP contribution in [-0.4, -0.2) is 9.52 Å².